The number of rotatable bonds is 8. The van der Waals surface area contributed by atoms with E-state index in [1.165, 1.54) is 18.4 Å². The topological polar surface area (TPSA) is 95.7 Å². The molecule has 0 bridgehead atoms. The van der Waals surface area contributed by atoms with Crippen molar-refractivity contribution < 1.29 is 13.2 Å². The maximum Gasteiger partial charge on any atom is 0.281 e. The lowest BCUT2D eigenvalue weighted by atomic mass is 10.4. The molecule has 0 saturated carbocycles. The Morgan fingerprint density at radius 2 is 1.88 bits per heavy atom. The van der Waals surface area contributed by atoms with E-state index < -0.39 is 10.2 Å². The summed E-state index contributed by atoms with van der Waals surface area (Å²) >= 11 is 0. The lowest BCUT2D eigenvalue weighted by Crippen LogP contribution is -2.45. The van der Waals surface area contributed by atoms with Crippen LogP contribution in [0.25, 0.3) is 0 Å². The molecular weight excluding hydrogens is 244 g/mol. The van der Waals surface area contributed by atoms with Gasteiger partial charge in [0.15, 0.2) is 0 Å². The Kier molecular flexibility index (Phi) is 7.28. The summed E-state index contributed by atoms with van der Waals surface area (Å²) in [6.45, 7) is 2.86. The molecule has 0 aliphatic heterocycles. The van der Waals surface area contributed by atoms with Crippen LogP contribution >= 0.6 is 0 Å². The lowest BCUT2D eigenvalue weighted by molar-refractivity contribution is -0.121. The van der Waals surface area contributed by atoms with Crippen molar-refractivity contribution in [1.29, 1.82) is 0 Å². The largest absolute Gasteiger partial charge is 0.355 e. The van der Waals surface area contributed by atoms with Gasteiger partial charge in [0, 0.05) is 27.2 Å². The molecule has 17 heavy (non-hydrogen) atoms. The third kappa shape index (κ3) is 5.44. The molecule has 8 heteroatoms. The molecule has 1 amide bonds. The maximum absolute atomic E-state index is 11.9. The van der Waals surface area contributed by atoms with Crippen LogP contribution in [0.3, 0.4) is 0 Å². The number of nitrogens with two attached hydrogens (primary N) is 1. The van der Waals surface area contributed by atoms with E-state index >= 15 is 0 Å². The van der Waals surface area contributed by atoms with E-state index in [2.05, 4.69) is 5.32 Å². The number of carbonyl (C=O) groups is 1. The van der Waals surface area contributed by atoms with Crippen LogP contribution in [0.15, 0.2) is 0 Å². The third-order valence-electron chi connectivity index (χ3n) is 2.21. The molecule has 0 spiro atoms. The molecular formula is C9H22N4O3S. The van der Waals surface area contributed by atoms with Crippen molar-refractivity contribution in [2.45, 2.75) is 13.3 Å². The molecule has 0 aromatic heterocycles. The average molecular weight is 266 g/mol. The molecule has 102 valence electrons. The van der Waals surface area contributed by atoms with Crippen molar-refractivity contribution in [3.8, 4) is 0 Å². The highest BCUT2D eigenvalue weighted by atomic mass is 32.2. The fourth-order valence-corrected chi connectivity index (χ4v) is 2.32. The SMILES string of the molecule is CCNC(=O)CN(C)S(=O)(=O)N(C)CCCN. The summed E-state index contributed by atoms with van der Waals surface area (Å²) in [5, 5.41) is 2.55. The van der Waals surface area contributed by atoms with Crippen LogP contribution in [0.2, 0.25) is 0 Å². The zero-order valence-corrected chi connectivity index (χ0v) is 11.5. The predicted molar refractivity (Wildman–Crippen MR) is 66.5 cm³/mol. The first-order valence-corrected chi connectivity index (χ1v) is 6.90. The zero-order valence-electron chi connectivity index (χ0n) is 10.6. The highest BCUT2D eigenvalue weighted by Crippen LogP contribution is 2.03. The Morgan fingerprint density at radius 3 is 2.35 bits per heavy atom. The van der Waals surface area contributed by atoms with E-state index in [4.69, 9.17) is 5.73 Å². The monoisotopic (exact) mass is 266 g/mol. The fraction of sp³-hybridized carbons (Fsp3) is 0.889. The zero-order chi connectivity index (χ0) is 13.5. The van der Waals surface area contributed by atoms with Crippen molar-refractivity contribution in [2.75, 3.05) is 40.3 Å². The first kappa shape index (κ1) is 16.3. The van der Waals surface area contributed by atoms with Crippen LogP contribution in [0.5, 0.6) is 0 Å². The molecule has 3 N–H and O–H groups in total. The van der Waals surface area contributed by atoms with Crippen molar-refractivity contribution in [3.63, 3.8) is 0 Å². The number of likely N-dealkylation sites (N-methyl/N-ethyl adjacent to an activating group) is 2. The molecule has 0 atom stereocenters. The molecule has 0 saturated heterocycles. The van der Waals surface area contributed by atoms with Crippen LogP contribution in [0, 0.1) is 0 Å². The lowest BCUT2D eigenvalue weighted by Gasteiger charge is -2.23. The first-order valence-electron chi connectivity index (χ1n) is 5.50. The van der Waals surface area contributed by atoms with Gasteiger partial charge in [-0.05, 0) is 19.9 Å². The number of nitrogens with zero attached hydrogens (tertiary/aromatic N) is 2. The number of hydrogen-bond donors (Lipinski definition) is 2. The van der Waals surface area contributed by atoms with Gasteiger partial charge in [-0.25, -0.2) is 0 Å². The van der Waals surface area contributed by atoms with Crippen molar-refractivity contribution in [2.24, 2.45) is 5.73 Å². The summed E-state index contributed by atoms with van der Waals surface area (Å²) < 4.78 is 26.0. The second-order valence-corrected chi connectivity index (χ2v) is 5.82. The number of amides is 1. The molecule has 0 aliphatic carbocycles. The van der Waals surface area contributed by atoms with Gasteiger partial charge in [0.05, 0.1) is 6.54 Å². The minimum absolute atomic E-state index is 0.177. The summed E-state index contributed by atoms with van der Waals surface area (Å²) in [5.74, 6) is -0.314. The van der Waals surface area contributed by atoms with Gasteiger partial charge in [-0.15, -0.1) is 0 Å². The van der Waals surface area contributed by atoms with E-state index in [1.807, 2.05) is 0 Å². The summed E-state index contributed by atoms with van der Waals surface area (Å²) in [6, 6.07) is 0. The smallest absolute Gasteiger partial charge is 0.281 e. The number of carbonyl (C=O) groups excluding carboxylic acids is 1. The Bertz CT molecular complexity index is 331. The number of hydrogen-bond acceptors (Lipinski definition) is 4. The second kappa shape index (κ2) is 7.59. The van der Waals surface area contributed by atoms with Crippen molar-refractivity contribution in [1.82, 2.24) is 13.9 Å². The van der Waals surface area contributed by atoms with Gasteiger partial charge in [0.1, 0.15) is 0 Å². The second-order valence-electron chi connectivity index (χ2n) is 3.68. The van der Waals surface area contributed by atoms with E-state index in [-0.39, 0.29) is 12.5 Å². The van der Waals surface area contributed by atoms with Gasteiger partial charge in [-0.3, -0.25) is 4.79 Å². The van der Waals surface area contributed by atoms with Gasteiger partial charge in [-0.2, -0.15) is 17.0 Å². The fourth-order valence-electron chi connectivity index (χ4n) is 1.20. The van der Waals surface area contributed by atoms with E-state index in [1.54, 1.807) is 6.92 Å². The molecule has 0 aromatic rings. The van der Waals surface area contributed by atoms with Crippen LogP contribution in [-0.4, -0.2) is 63.2 Å². The molecule has 0 radical (unpaired) electrons. The number of nitrogens with one attached hydrogen (secondary N) is 1. The molecule has 0 aromatic carbocycles. The summed E-state index contributed by atoms with van der Waals surface area (Å²) in [7, 11) is -0.724. The normalized spacial score (nSPS) is 12.1. The maximum atomic E-state index is 11.9. The van der Waals surface area contributed by atoms with Gasteiger partial charge in [0.25, 0.3) is 10.2 Å². The van der Waals surface area contributed by atoms with Crippen molar-refractivity contribution >= 4 is 16.1 Å². The average Bonchev–Trinajstić information content (AvgIpc) is 2.25. The first-order chi connectivity index (χ1) is 7.86. The quantitative estimate of drug-likeness (QED) is 0.563. The molecule has 0 unspecified atom stereocenters. The van der Waals surface area contributed by atoms with E-state index in [0.29, 0.717) is 26.1 Å². The van der Waals surface area contributed by atoms with E-state index in [9.17, 15) is 13.2 Å². The van der Waals surface area contributed by atoms with Crippen molar-refractivity contribution in [3.05, 3.63) is 0 Å². The molecule has 7 nitrogen and oxygen atoms in total. The molecule has 0 aliphatic rings. The summed E-state index contributed by atoms with van der Waals surface area (Å²) in [4.78, 5) is 11.3. The highest BCUT2D eigenvalue weighted by Gasteiger charge is 2.24. The Balaban J connectivity index is 4.43. The third-order valence-corrected chi connectivity index (χ3v) is 4.09. The predicted octanol–water partition coefficient (Wildman–Crippen LogP) is -1.42. The van der Waals surface area contributed by atoms with Crippen LogP contribution in [0.4, 0.5) is 0 Å². The van der Waals surface area contributed by atoms with Gasteiger partial charge < -0.3 is 11.1 Å². The minimum atomic E-state index is -3.57. The highest BCUT2D eigenvalue weighted by molar-refractivity contribution is 7.86. The molecule has 0 fully saturated rings. The Labute approximate surface area is 103 Å². The molecule has 0 heterocycles. The van der Waals surface area contributed by atoms with Gasteiger partial charge in [-0.1, -0.05) is 0 Å². The summed E-state index contributed by atoms with van der Waals surface area (Å²) in [6.07, 6.45) is 0.588. The van der Waals surface area contributed by atoms with Gasteiger partial charge >= 0.3 is 0 Å². The van der Waals surface area contributed by atoms with Gasteiger partial charge in [0.2, 0.25) is 5.91 Å². The summed E-state index contributed by atoms with van der Waals surface area (Å²) in [5.41, 5.74) is 5.32. The van der Waals surface area contributed by atoms with Crippen LogP contribution in [-0.2, 0) is 15.0 Å². The van der Waals surface area contributed by atoms with E-state index in [0.717, 1.165) is 4.31 Å². The molecule has 0 rings (SSSR count). The Hall–Kier alpha value is -0.700. The standard InChI is InChI=1S/C9H22N4O3S/c1-4-11-9(14)8-13(3)17(15,16)12(2)7-5-6-10/h4-8,10H2,1-3H3,(H,11,14). The minimum Gasteiger partial charge on any atom is -0.355 e. The van der Waals surface area contributed by atoms with Crippen LogP contribution < -0.4 is 11.1 Å². The Morgan fingerprint density at radius 1 is 1.29 bits per heavy atom. The van der Waals surface area contributed by atoms with Crippen LogP contribution in [0.1, 0.15) is 13.3 Å².